The third-order valence-corrected chi connectivity index (χ3v) is 7.43. The molecule has 1 aromatic rings. The van der Waals surface area contributed by atoms with Crippen molar-refractivity contribution in [3.8, 4) is 0 Å². The third kappa shape index (κ3) is 4.74. The molecule has 0 atom stereocenters. The van der Waals surface area contributed by atoms with Crippen LogP contribution >= 0.6 is 11.3 Å². The van der Waals surface area contributed by atoms with Crippen LogP contribution < -0.4 is 15.5 Å². The van der Waals surface area contributed by atoms with Crippen LogP contribution in [0.2, 0.25) is 0 Å². The van der Waals surface area contributed by atoms with E-state index in [1.165, 1.54) is 54.0 Å². The highest BCUT2D eigenvalue weighted by molar-refractivity contribution is 7.09. The largest absolute Gasteiger partial charge is 0.335 e. The number of carbonyl (C=O) groups excluding carboxylic acids is 1. The molecule has 2 amide bonds. The van der Waals surface area contributed by atoms with E-state index in [4.69, 9.17) is 0 Å². The Morgan fingerprint density at radius 1 is 0.926 bits per heavy atom. The first-order valence-corrected chi connectivity index (χ1v) is 11.5. The van der Waals surface area contributed by atoms with Gasteiger partial charge in [-0.1, -0.05) is 30.6 Å². The molecule has 0 bridgehead atoms. The number of hydrogen-bond acceptors (Lipinski definition) is 4. The Bertz CT molecular complexity index is 699. The van der Waals surface area contributed by atoms with Crippen molar-refractivity contribution in [1.29, 1.82) is 0 Å². The number of piperidine rings is 1. The highest BCUT2D eigenvalue weighted by Gasteiger charge is 2.24. The molecule has 27 heavy (non-hydrogen) atoms. The predicted molar refractivity (Wildman–Crippen MR) is 108 cm³/mol. The first-order valence-electron chi connectivity index (χ1n) is 10.7. The number of thiazole rings is 1. The Labute approximate surface area is 165 Å². The van der Waals surface area contributed by atoms with Crippen LogP contribution in [0.4, 0.5) is 4.79 Å². The summed E-state index contributed by atoms with van der Waals surface area (Å²) >= 11 is 1.45. The lowest BCUT2D eigenvalue weighted by atomic mass is 9.96. The number of amides is 2. The first-order chi connectivity index (χ1) is 13.2. The Morgan fingerprint density at radius 3 is 2.33 bits per heavy atom. The number of nitrogens with zero attached hydrogens (tertiary/aromatic N) is 2. The minimum absolute atomic E-state index is 0.00322. The zero-order chi connectivity index (χ0) is 18.6. The summed E-state index contributed by atoms with van der Waals surface area (Å²) in [6, 6.07) is 0.608. The Kier molecular flexibility index (Phi) is 6.18. The summed E-state index contributed by atoms with van der Waals surface area (Å²) in [6.07, 6.45) is 12.4. The zero-order valence-corrected chi connectivity index (χ0v) is 17.0. The molecule has 1 aromatic heterocycles. The molecule has 150 valence electrons. The van der Waals surface area contributed by atoms with Crippen molar-refractivity contribution in [3.63, 3.8) is 0 Å². The molecule has 0 aromatic carbocycles. The second-order valence-corrected chi connectivity index (χ2v) is 9.41. The van der Waals surface area contributed by atoms with Crippen LogP contribution in [-0.2, 0) is 19.5 Å². The number of rotatable bonds is 4. The van der Waals surface area contributed by atoms with Gasteiger partial charge in [-0.2, -0.15) is 0 Å². The standard InChI is InChI=1S/C20H32N4O2S/c25-19(21-15-6-2-1-3-7-15)22-16-10-12-23(13-11-16)14-24-17-8-4-5-9-18(17)27-20(24)26/h15-16H,1-14H2,(H2,21,22,25). The number of urea groups is 1. The topological polar surface area (TPSA) is 66.4 Å². The molecule has 2 fully saturated rings. The fraction of sp³-hybridized carbons (Fsp3) is 0.800. The smallest absolute Gasteiger partial charge is 0.315 e. The summed E-state index contributed by atoms with van der Waals surface area (Å²) in [4.78, 5) is 28.5. The van der Waals surface area contributed by atoms with Gasteiger partial charge in [0.2, 0.25) is 0 Å². The molecule has 4 rings (SSSR count). The van der Waals surface area contributed by atoms with Gasteiger partial charge in [0.25, 0.3) is 0 Å². The van der Waals surface area contributed by atoms with Crippen molar-refractivity contribution in [3.05, 3.63) is 20.2 Å². The Morgan fingerprint density at radius 2 is 1.59 bits per heavy atom. The van der Waals surface area contributed by atoms with Gasteiger partial charge in [-0.05, 0) is 51.4 Å². The molecule has 3 aliphatic rings. The summed E-state index contributed by atoms with van der Waals surface area (Å²) in [5, 5.41) is 6.31. The van der Waals surface area contributed by atoms with Gasteiger partial charge in [0.1, 0.15) is 0 Å². The average molecular weight is 393 g/mol. The van der Waals surface area contributed by atoms with Crippen molar-refractivity contribution in [2.24, 2.45) is 0 Å². The number of carbonyl (C=O) groups is 1. The van der Waals surface area contributed by atoms with E-state index in [0.717, 1.165) is 51.6 Å². The van der Waals surface area contributed by atoms with Crippen LogP contribution in [0, 0.1) is 0 Å². The molecule has 2 heterocycles. The highest BCUT2D eigenvalue weighted by atomic mass is 32.1. The van der Waals surface area contributed by atoms with Gasteiger partial charge < -0.3 is 10.6 Å². The maximum atomic E-state index is 12.4. The molecule has 2 N–H and O–H groups in total. The van der Waals surface area contributed by atoms with E-state index in [1.54, 1.807) is 0 Å². The minimum atomic E-state index is 0.00322. The second-order valence-electron chi connectivity index (χ2n) is 8.36. The average Bonchev–Trinajstić information content (AvgIpc) is 2.99. The maximum absolute atomic E-state index is 12.4. The number of aryl methyl sites for hydroxylation is 1. The first kappa shape index (κ1) is 19.0. The maximum Gasteiger partial charge on any atom is 0.315 e. The number of hydrogen-bond donors (Lipinski definition) is 2. The number of aromatic nitrogens is 1. The molecule has 7 heteroatoms. The van der Waals surface area contributed by atoms with E-state index in [2.05, 4.69) is 15.5 Å². The van der Waals surface area contributed by atoms with Gasteiger partial charge in [0, 0.05) is 35.7 Å². The number of likely N-dealkylation sites (tertiary alicyclic amines) is 1. The van der Waals surface area contributed by atoms with Crippen LogP contribution in [0.15, 0.2) is 4.79 Å². The lowest BCUT2D eigenvalue weighted by molar-refractivity contribution is 0.155. The van der Waals surface area contributed by atoms with E-state index in [-0.39, 0.29) is 16.9 Å². The minimum Gasteiger partial charge on any atom is -0.335 e. The monoisotopic (exact) mass is 392 g/mol. The Hall–Kier alpha value is -1.34. The quantitative estimate of drug-likeness (QED) is 0.828. The molecular formula is C20H32N4O2S. The van der Waals surface area contributed by atoms with Crippen molar-refractivity contribution in [1.82, 2.24) is 20.1 Å². The zero-order valence-electron chi connectivity index (χ0n) is 16.2. The summed E-state index contributed by atoms with van der Waals surface area (Å²) in [5.74, 6) is 0. The van der Waals surface area contributed by atoms with Gasteiger partial charge in [-0.3, -0.25) is 14.3 Å². The van der Waals surface area contributed by atoms with E-state index < -0.39 is 0 Å². The van der Waals surface area contributed by atoms with E-state index in [9.17, 15) is 9.59 Å². The lowest BCUT2D eigenvalue weighted by Crippen LogP contribution is -2.50. The highest BCUT2D eigenvalue weighted by Crippen LogP contribution is 2.24. The molecule has 1 saturated carbocycles. The van der Waals surface area contributed by atoms with Gasteiger partial charge in [0.15, 0.2) is 0 Å². The van der Waals surface area contributed by atoms with Crippen LogP contribution in [0.3, 0.4) is 0 Å². The van der Waals surface area contributed by atoms with Crippen LogP contribution in [0.5, 0.6) is 0 Å². The SMILES string of the molecule is O=C(NC1CCCCC1)NC1CCN(Cn2c3c(sc2=O)CCCC3)CC1. The van der Waals surface area contributed by atoms with Crippen molar-refractivity contribution < 1.29 is 4.79 Å². The molecule has 0 unspecified atom stereocenters. The lowest BCUT2D eigenvalue weighted by Gasteiger charge is -2.33. The molecular weight excluding hydrogens is 360 g/mol. The summed E-state index contributed by atoms with van der Waals surface area (Å²) in [5.41, 5.74) is 1.28. The predicted octanol–water partition coefficient (Wildman–Crippen LogP) is 2.84. The Balaban J connectivity index is 1.24. The molecule has 1 saturated heterocycles. The van der Waals surface area contributed by atoms with E-state index in [0.29, 0.717) is 12.7 Å². The van der Waals surface area contributed by atoms with Gasteiger partial charge in [-0.15, -0.1) is 0 Å². The fourth-order valence-corrected chi connectivity index (χ4v) is 5.81. The fourth-order valence-electron chi connectivity index (χ4n) is 4.75. The van der Waals surface area contributed by atoms with E-state index >= 15 is 0 Å². The summed E-state index contributed by atoms with van der Waals surface area (Å²) in [6.45, 7) is 2.59. The summed E-state index contributed by atoms with van der Waals surface area (Å²) < 4.78 is 2.00. The van der Waals surface area contributed by atoms with Crippen molar-refractivity contribution in [2.75, 3.05) is 13.1 Å². The van der Waals surface area contributed by atoms with Crippen LogP contribution in [-0.4, -0.2) is 40.7 Å². The van der Waals surface area contributed by atoms with Crippen LogP contribution in [0.1, 0.15) is 68.4 Å². The molecule has 2 aliphatic carbocycles. The second kappa shape index (κ2) is 8.78. The molecule has 0 spiro atoms. The van der Waals surface area contributed by atoms with Crippen molar-refractivity contribution in [2.45, 2.75) is 89.4 Å². The summed E-state index contributed by atoms with van der Waals surface area (Å²) in [7, 11) is 0. The van der Waals surface area contributed by atoms with Gasteiger partial charge >= 0.3 is 10.9 Å². The molecule has 6 nitrogen and oxygen atoms in total. The molecule has 1 aliphatic heterocycles. The molecule has 0 radical (unpaired) electrons. The van der Waals surface area contributed by atoms with Crippen LogP contribution in [0.25, 0.3) is 0 Å². The number of fused-ring (bicyclic) bond motifs is 1. The third-order valence-electron chi connectivity index (χ3n) is 6.35. The van der Waals surface area contributed by atoms with Gasteiger partial charge in [-0.25, -0.2) is 4.79 Å². The number of nitrogens with one attached hydrogen (secondary N) is 2. The van der Waals surface area contributed by atoms with Crippen molar-refractivity contribution >= 4 is 17.4 Å². The van der Waals surface area contributed by atoms with Gasteiger partial charge in [0.05, 0.1) is 6.67 Å². The normalized spacial score (nSPS) is 22.4. The van der Waals surface area contributed by atoms with E-state index in [1.807, 2.05) is 4.57 Å².